The van der Waals surface area contributed by atoms with E-state index >= 15 is 0 Å². The first kappa shape index (κ1) is 24.0. The van der Waals surface area contributed by atoms with Crippen LogP contribution in [0.1, 0.15) is 34.8 Å². The zero-order valence-corrected chi connectivity index (χ0v) is 20.7. The average molecular weight is 498 g/mol. The summed E-state index contributed by atoms with van der Waals surface area (Å²) in [5.74, 6) is -0.485. The molecule has 0 aliphatic heterocycles. The molecule has 4 aromatic rings. The van der Waals surface area contributed by atoms with Gasteiger partial charge in [-0.25, -0.2) is 8.42 Å². The van der Waals surface area contributed by atoms with Crippen LogP contribution in [0.2, 0.25) is 0 Å². The maximum Gasteiger partial charge on any atom is 0.241 e. The summed E-state index contributed by atoms with van der Waals surface area (Å²) in [7, 11) is -4.01. The molecule has 5 nitrogen and oxygen atoms in total. The molecular formula is C30H27NO4S. The van der Waals surface area contributed by atoms with Crippen molar-refractivity contribution in [1.29, 1.82) is 0 Å². The largest absolute Gasteiger partial charge is 0.469 e. The second kappa shape index (κ2) is 9.72. The Morgan fingerprint density at radius 2 is 1.56 bits per heavy atom. The van der Waals surface area contributed by atoms with Crippen LogP contribution in [0.4, 0.5) is 0 Å². The van der Waals surface area contributed by atoms with Crippen LogP contribution in [-0.4, -0.2) is 14.7 Å². The number of carbonyl (C=O) groups is 1. The van der Waals surface area contributed by atoms with Crippen molar-refractivity contribution in [2.45, 2.75) is 29.7 Å². The third-order valence-corrected chi connectivity index (χ3v) is 8.39. The number of benzene rings is 3. The number of allylic oxidation sites excluding steroid dienone is 1. The molecule has 0 fully saturated rings. The summed E-state index contributed by atoms with van der Waals surface area (Å²) in [5, 5.41) is 0. The molecule has 182 valence electrons. The summed E-state index contributed by atoms with van der Waals surface area (Å²) >= 11 is 0. The first-order chi connectivity index (χ1) is 17.4. The van der Waals surface area contributed by atoms with Gasteiger partial charge in [0.05, 0.1) is 22.6 Å². The normalized spacial score (nSPS) is 22.1. The van der Waals surface area contributed by atoms with Gasteiger partial charge < -0.3 is 9.21 Å². The van der Waals surface area contributed by atoms with Crippen molar-refractivity contribution in [1.82, 2.24) is 4.72 Å². The fraction of sp³-hybridized carbons (Fsp3) is 0.167. The zero-order valence-electron chi connectivity index (χ0n) is 19.9. The third-order valence-electron chi connectivity index (χ3n) is 6.89. The van der Waals surface area contributed by atoms with Gasteiger partial charge in [0.15, 0.2) is 0 Å². The molecule has 1 aliphatic carbocycles. The number of nitrogens with one attached hydrogen (secondary N) is 1. The van der Waals surface area contributed by atoms with E-state index in [1.807, 2.05) is 79.7 Å². The quantitative estimate of drug-likeness (QED) is 0.325. The summed E-state index contributed by atoms with van der Waals surface area (Å²) in [6, 6.07) is 29.5. The number of rotatable bonds is 7. The molecule has 6 heteroatoms. The molecule has 0 amide bonds. The smallest absolute Gasteiger partial charge is 0.241 e. The second-order valence-electron chi connectivity index (χ2n) is 9.18. The van der Waals surface area contributed by atoms with Gasteiger partial charge in [0, 0.05) is 5.92 Å². The molecule has 0 bridgehead atoms. The highest BCUT2D eigenvalue weighted by atomic mass is 32.2. The van der Waals surface area contributed by atoms with E-state index in [0.717, 1.165) is 23.0 Å². The molecule has 3 atom stereocenters. The van der Waals surface area contributed by atoms with Crippen LogP contribution in [0, 0.1) is 12.8 Å². The minimum atomic E-state index is -4.01. The van der Waals surface area contributed by atoms with Crippen LogP contribution < -0.4 is 4.72 Å². The topological polar surface area (TPSA) is 76.4 Å². The molecule has 1 aliphatic rings. The van der Waals surface area contributed by atoms with Crippen LogP contribution in [0.3, 0.4) is 0 Å². The van der Waals surface area contributed by atoms with Crippen molar-refractivity contribution >= 4 is 21.9 Å². The summed E-state index contributed by atoms with van der Waals surface area (Å²) in [4.78, 5) is 13.0. The van der Waals surface area contributed by atoms with Gasteiger partial charge in [-0.05, 0) is 54.3 Å². The van der Waals surface area contributed by atoms with Crippen molar-refractivity contribution in [3.8, 4) is 0 Å². The van der Waals surface area contributed by atoms with Crippen LogP contribution in [0.5, 0.6) is 0 Å². The summed E-state index contributed by atoms with van der Waals surface area (Å²) < 4.78 is 36.4. The van der Waals surface area contributed by atoms with Gasteiger partial charge in [-0.3, -0.25) is 0 Å². The number of aryl methyl sites for hydroxylation is 1. The van der Waals surface area contributed by atoms with Gasteiger partial charge in [0.1, 0.15) is 12.0 Å². The minimum absolute atomic E-state index is 0.142. The van der Waals surface area contributed by atoms with Gasteiger partial charge in [-0.1, -0.05) is 84.4 Å². The van der Waals surface area contributed by atoms with Gasteiger partial charge >= 0.3 is 0 Å². The maximum absolute atomic E-state index is 13.8. The minimum Gasteiger partial charge on any atom is -0.469 e. The number of furan rings is 1. The lowest BCUT2D eigenvalue weighted by Gasteiger charge is -2.44. The van der Waals surface area contributed by atoms with E-state index in [9.17, 15) is 13.2 Å². The Bertz CT molecular complexity index is 1460. The molecular weight excluding hydrogens is 470 g/mol. The molecule has 0 unspecified atom stereocenters. The van der Waals surface area contributed by atoms with Gasteiger partial charge in [-0.2, -0.15) is 4.72 Å². The molecule has 1 aromatic heterocycles. The van der Waals surface area contributed by atoms with E-state index < -0.39 is 21.5 Å². The van der Waals surface area contributed by atoms with E-state index in [1.165, 1.54) is 0 Å². The number of carbonyl (C=O) groups excluding carboxylic acids is 1. The maximum atomic E-state index is 13.8. The van der Waals surface area contributed by atoms with Crippen molar-refractivity contribution < 1.29 is 17.6 Å². The monoisotopic (exact) mass is 497 g/mol. The van der Waals surface area contributed by atoms with E-state index in [0.29, 0.717) is 17.7 Å². The Hall–Kier alpha value is -3.74. The van der Waals surface area contributed by atoms with E-state index in [1.54, 1.807) is 36.6 Å². The second-order valence-corrected chi connectivity index (χ2v) is 10.9. The van der Waals surface area contributed by atoms with Crippen molar-refractivity contribution in [2.24, 2.45) is 5.92 Å². The van der Waals surface area contributed by atoms with Gasteiger partial charge in [-0.15, -0.1) is 0 Å². The lowest BCUT2D eigenvalue weighted by Crippen LogP contribution is -2.53. The average Bonchev–Trinajstić information content (AvgIpc) is 3.44. The van der Waals surface area contributed by atoms with Crippen LogP contribution in [-0.2, 0) is 20.4 Å². The number of hydrogen-bond acceptors (Lipinski definition) is 4. The van der Waals surface area contributed by atoms with Crippen LogP contribution in [0.25, 0.3) is 5.57 Å². The van der Waals surface area contributed by atoms with Gasteiger partial charge in [0.2, 0.25) is 10.0 Å². The Balaban J connectivity index is 1.76. The van der Waals surface area contributed by atoms with Crippen molar-refractivity contribution in [3.63, 3.8) is 0 Å². The molecule has 0 radical (unpaired) electrons. The predicted octanol–water partition coefficient (Wildman–Crippen LogP) is 5.85. The van der Waals surface area contributed by atoms with E-state index in [2.05, 4.69) is 4.72 Å². The highest BCUT2D eigenvalue weighted by Gasteiger charge is 2.50. The molecule has 3 aromatic carbocycles. The predicted molar refractivity (Wildman–Crippen MR) is 140 cm³/mol. The molecule has 0 spiro atoms. The van der Waals surface area contributed by atoms with E-state index in [4.69, 9.17) is 4.42 Å². The Morgan fingerprint density at radius 1 is 0.889 bits per heavy atom. The summed E-state index contributed by atoms with van der Waals surface area (Å²) in [6.45, 7) is 1.90. The Morgan fingerprint density at radius 3 is 2.17 bits per heavy atom. The number of hydrogen-bond donors (Lipinski definition) is 1. The van der Waals surface area contributed by atoms with Crippen LogP contribution in [0.15, 0.2) is 119 Å². The SMILES string of the molecule is Cc1ccc(S(=O)(=O)N[C@@]2(c3ccccc3)C=C(c3ccccc3)C[C@H](c3ccco3)[C@H]2C=O)cc1. The molecule has 0 saturated carbocycles. The zero-order chi connectivity index (χ0) is 25.2. The lowest BCUT2D eigenvalue weighted by atomic mass is 9.65. The first-order valence-corrected chi connectivity index (χ1v) is 13.3. The van der Waals surface area contributed by atoms with Gasteiger partial charge in [0.25, 0.3) is 0 Å². The lowest BCUT2D eigenvalue weighted by molar-refractivity contribution is -0.113. The fourth-order valence-corrected chi connectivity index (χ4v) is 6.46. The Kier molecular flexibility index (Phi) is 6.48. The fourth-order valence-electron chi connectivity index (χ4n) is 5.09. The van der Waals surface area contributed by atoms with Crippen molar-refractivity contribution in [2.75, 3.05) is 0 Å². The van der Waals surface area contributed by atoms with E-state index in [-0.39, 0.29) is 10.8 Å². The highest BCUT2D eigenvalue weighted by molar-refractivity contribution is 7.89. The highest BCUT2D eigenvalue weighted by Crippen LogP contribution is 2.50. The van der Waals surface area contributed by atoms with Crippen molar-refractivity contribution in [3.05, 3.63) is 132 Å². The summed E-state index contributed by atoms with van der Waals surface area (Å²) in [5.41, 5.74) is 2.20. The molecule has 36 heavy (non-hydrogen) atoms. The summed E-state index contributed by atoms with van der Waals surface area (Å²) in [6.07, 6.45) is 4.89. The Labute approximate surface area is 211 Å². The first-order valence-electron chi connectivity index (χ1n) is 11.8. The number of aldehydes is 1. The molecule has 0 saturated heterocycles. The molecule has 5 rings (SSSR count). The standard InChI is InChI=1S/C30H27NO4S/c1-22-14-16-26(17-15-22)36(33,34)31-30(25-11-6-3-7-12-25)20-24(23-9-4-2-5-10-23)19-27(28(30)21-32)29-13-8-18-35-29/h2-18,20-21,27-28,31H,19H2,1H3/t27-,28+,30+/m0/s1. The third kappa shape index (κ3) is 4.45. The van der Waals surface area contributed by atoms with Crippen LogP contribution >= 0.6 is 0 Å². The number of sulfonamides is 1. The molecule has 1 N–H and O–H groups in total. The molecule has 1 heterocycles.